The van der Waals surface area contributed by atoms with Crippen LogP contribution < -0.4 is 15.5 Å². The molecule has 0 aliphatic carbocycles. The summed E-state index contributed by atoms with van der Waals surface area (Å²) in [6.07, 6.45) is 3.18. The van der Waals surface area contributed by atoms with E-state index in [1.165, 1.54) is 16.0 Å². The topological polar surface area (TPSA) is 59.9 Å². The lowest BCUT2D eigenvalue weighted by atomic mass is 10.1. The number of guanidine groups is 1. The molecule has 3 N–H and O–H groups in total. The Morgan fingerprint density at radius 2 is 1.97 bits per heavy atom. The van der Waals surface area contributed by atoms with E-state index in [0.29, 0.717) is 50.7 Å². The summed E-state index contributed by atoms with van der Waals surface area (Å²) in [5.74, 6) is 0.482. The summed E-state index contributed by atoms with van der Waals surface area (Å²) in [6, 6.07) is 11.8. The number of aryl methyl sites for hydroxylation is 1. The Bertz CT molecular complexity index is 897. The Kier molecular flexibility index (Phi) is 8.60. The van der Waals surface area contributed by atoms with Crippen LogP contribution in [0, 0.1) is 12.7 Å². The largest absolute Gasteiger partial charge is 0.393 e. The summed E-state index contributed by atoms with van der Waals surface area (Å²) in [7, 11) is 0. The van der Waals surface area contributed by atoms with Crippen LogP contribution in [0.2, 0.25) is 0 Å². The molecule has 0 unspecified atom stereocenters. The Morgan fingerprint density at radius 3 is 2.65 bits per heavy atom. The first-order valence-electron chi connectivity index (χ1n) is 10.9. The molecule has 5 nitrogen and oxygen atoms in total. The molecule has 1 aliphatic rings. The number of benzene rings is 2. The molecule has 1 heterocycles. The first-order valence-corrected chi connectivity index (χ1v) is 12.1. The van der Waals surface area contributed by atoms with Crippen molar-refractivity contribution in [2.24, 2.45) is 4.99 Å². The molecule has 31 heavy (non-hydrogen) atoms. The molecule has 7 heteroatoms. The first-order chi connectivity index (χ1) is 15.0. The van der Waals surface area contributed by atoms with Gasteiger partial charge in [0.25, 0.3) is 0 Å². The van der Waals surface area contributed by atoms with Crippen molar-refractivity contribution in [2.45, 2.75) is 50.8 Å². The van der Waals surface area contributed by atoms with Gasteiger partial charge in [0.1, 0.15) is 5.82 Å². The summed E-state index contributed by atoms with van der Waals surface area (Å²) in [5, 5.41) is 16.3. The molecule has 0 amide bonds. The van der Waals surface area contributed by atoms with Crippen LogP contribution in [0.15, 0.2) is 46.3 Å². The lowest BCUT2D eigenvalue weighted by molar-refractivity contribution is 0.145. The van der Waals surface area contributed by atoms with Gasteiger partial charge in [-0.05, 0) is 67.8 Å². The SMILES string of the molecule is CCNC(=NCc1ccc(N2CCC(O)CC2)c(F)c1)NCc1ccc(C)cc1SC. The minimum absolute atomic E-state index is 0.230. The molecular formula is C24H33FN4OS. The highest BCUT2D eigenvalue weighted by Crippen LogP contribution is 2.25. The maximum atomic E-state index is 14.7. The number of nitrogens with one attached hydrogen (secondary N) is 2. The van der Waals surface area contributed by atoms with Crippen molar-refractivity contribution < 1.29 is 9.50 Å². The number of thioether (sulfide) groups is 1. The number of hydrogen-bond acceptors (Lipinski definition) is 4. The number of piperidine rings is 1. The van der Waals surface area contributed by atoms with E-state index in [1.807, 2.05) is 24.0 Å². The molecule has 3 rings (SSSR count). The fraction of sp³-hybridized carbons (Fsp3) is 0.458. The van der Waals surface area contributed by atoms with E-state index < -0.39 is 0 Å². The maximum absolute atomic E-state index is 14.7. The second-order valence-electron chi connectivity index (χ2n) is 7.87. The summed E-state index contributed by atoms with van der Waals surface area (Å²) < 4.78 is 14.7. The van der Waals surface area contributed by atoms with Crippen molar-refractivity contribution >= 4 is 23.4 Å². The van der Waals surface area contributed by atoms with Crippen LogP contribution >= 0.6 is 11.8 Å². The quantitative estimate of drug-likeness (QED) is 0.341. The zero-order valence-corrected chi connectivity index (χ0v) is 19.4. The van der Waals surface area contributed by atoms with E-state index in [4.69, 9.17) is 0 Å². The number of hydrogen-bond donors (Lipinski definition) is 3. The molecule has 1 fully saturated rings. The van der Waals surface area contributed by atoms with Gasteiger partial charge in [0, 0.05) is 31.1 Å². The van der Waals surface area contributed by atoms with Crippen molar-refractivity contribution in [3.8, 4) is 0 Å². The molecule has 0 bridgehead atoms. The number of anilines is 1. The lowest BCUT2D eigenvalue weighted by Gasteiger charge is -2.31. The molecule has 168 valence electrons. The molecule has 0 aromatic heterocycles. The van der Waals surface area contributed by atoms with E-state index >= 15 is 0 Å². The van der Waals surface area contributed by atoms with Crippen LogP contribution in [-0.4, -0.2) is 43.1 Å². The standard InChI is InChI=1S/C24H33FN4OS/c1-4-26-24(28-16-19-7-5-17(2)13-23(19)31-3)27-15-18-6-8-22(21(25)14-18)29-11-9-20(30)10-12-29/h5-8,13-14,20,30H,4,9-12,15-16H2,1-3H3,(H2,26,27,28). The van der Waals surface area contributed by atoms with Crippen LogP contribution in [0.1, 0.15) is 36.5 Å². The lowest BCUT2D eigenvalue weighted by Crippen LogP contribution is -2.37. The summed E-state index contributed by atoms with van der Waals surface area (Å²) in [6.45, 7) is 7.32. The maximum Gasteiger partial charge on any atom is 0.191 e. The van der Waals surface area contributed by atoms with Gasteiger partial charge in [-0.1, -0.05) is 18.2 Å². The first kappa shape index (κ1) is 23.4. The number of aliphatic hydroxyl groups excluding tert-OH is 1. The Labute approximate surface area is 189 Å². The predicted molar refractivity (Wildman–Crippen MR) is 128 cm³/mol. The third-order valence-corrected chi connectivity index (χ3v) is 6.29. The monoisotopic (exact) mass is 444 g/mol. The normalized spacial score (nSPS) is 15.3. The van der Waals surface area contributed by atoms with Gasteiger partial charge in [-0.3, -0.25) is 0 Å². The summed E-state index contributed by atoms with van der Waals surface area (Å²) in [4.78, 5) is 7.90. The highest BCUT2D eigenvalue weighted by atomic mass is 32.2. The van der Waals surface area contributed by atoms with E-state index in [9.17, 15) is 9.50 Å². The van der Waals surface area contributed by atoms with Crippen molar-refractivity contribution in [1.82, 2.24) is 10.6 Å². The number of aliphatic imine (C=N–C) groups is 1. The van der Waals surface area contributed by atoms with Crippen molar-refractivity contribution in [2.75, 3.05) is 30.8 Å². The van der Waals surface area contributed by atoms with Gasteiger partial charge in [-0.2, -0.15) is 0 Å². The van der Waals surface area contributed by atoms with Gasteiger partial charge in [-0.25, -0.2) is 9.38 Å². The van der Waals surface area contributed by atoms with E-state index in [2.05, 4.69) is 47.0 Å². The third kappa shape index (κ3) is 6.61. The Balaban J connectivity index is 1.64. The van der Waals surface area contributed by atoms with Gasteiger partial charge in [0.15, 0.2) is 5.96 Å². The molecule has 0 radical (unpaired) electrons. The van der Waals surface area contributed by atoms with Crippen molar-refractivity contribution in [3.63, 3.8) is 0 Å². The molecular weight excluding hydrogens is 411 g/mol. The number of nitrogens with zero attached hydrogens (tertiary/aromatic N) is 2. The number of halogens is 1. The fourth-order valence-corrected chi connectivity index (χ4v) is 4.41. The smallest absolute Gasteiger partial charge is 0.191 e. The highest BCUT2D eigenvalue weighted by molar-refractivity contribution is 7.98. The second kappa shape index (κ2) is 11.4. The Morgan fingerprint density at radius 1 is 1.19 bits per heavy atom. The van der Waals surface area contributed by atoms with E-state index in [0.717, 1.165) is 12.1 Å². The summed E-state index contributed by atoms with van der Waals surface area (Å²) >= 11 is 1.74. The van der Waals surface area contributed by atoms with Crippen LogP contribution in [0.5, 0.6) is 0 Å². The van der Waals surface area contributed by atoms with E-state index in [1.54, 1.807) is 17.8 Å². The minimum Gasteiger partial charge on any atom is -0.393 e. The molecule has 0 spiro atoms. The average Bonchev–Trinajstić information content (AvgIpc) is 2.77. The Hall–Kier alpha value is -2.25. The second-order valence-corrected chi connectivity index (χ2v) is 8.72. The van der Waals surface area contributed by atoms with Gasteiger partial charge < -0.3 is 20.6 Å². The molecule has 0 saturated carbocycles. The third-order valence-electron chi connectivity index (χ3n) is 5.47. The number of aliphatic hydroxyl groups is 1. The van der Waals surface area contributed by atoms with Crippen LogP contribution in [-0.2, 0) is 13.1 Å². The van der Waals surface area contributed by atoms with Crippen molar-refractivity contribution in [3.05, 3.63) is 58.9 Å². The minimum atomic E-state index is -0.267. The van der Waals surface area contributed by atoms with Gasteiger partial charge >= 0.3 is 0 Å². The predicted octanol–water partition coefficient (Wildman–Crippen LogP) is 4.07. The van der Waals surface area contributed by atoms with Crippen LogP contribution in [0.4, 0.5) is 10.1 Å². The molecule has 1 aliphatic heterocycles. The molecule has 0 atom stereocenters. The van der Waals surface area contributed by atoms with Crippen LogP contribution in [0.3, 0.4) is 0 Å². The van der Waals surface area contributed by atoms with Gasteiger partial charge in [0.05, 0.1) is 18.3 Å². The zero-order valence-electron chi connectivity index (χ0n) is 18.6. The molecule has 2 aromatic rings. The number of rotatable bonds is 7. The zero-order chi connectivity index (χ0) is 22.2. The van der Waals surface area contributed by atoms with Gasteiger partial charge in [-0.15, -0.1) is 11.8 Å². The van der Waals surface area contributed by atoms with Gasteiger partial charge in [0.2, 0.25) is 0 Å². The average molecular weight is 445 g/mol. The van der Waals surface area contributed by atoms with Crippen LogP contribution in [0.25, 0.3) is 0 Å². The van der Waals surface area contributed by atoms with E-state index in [-0.39, 0.29) is 11.9 Å². The summed E-state index contributed by atoms with van der Waals surface area (Å²) in [5.41, 5.74) is 3.91. The molecule has 2 aromatic carbocycles. The van der Waals surface area contributed by atoms with Crippen molar-refractivity contribution in [1.29, 1.82) is 0 Å². The molecule has 1 saturated heterocycles. The fourth-order valence-electron chi connectivity index (χ4n) is 3.70. The highest BCUT2D eigenvalue weighted by Gasteiger charge is 2.19.